The topological polar surface area (TPSA) is 96.9 Å². The highest BCUT2D eigenvalue weighted by Gasteiger charge is 2.43. The third-order valence-electron chi connectivity index (χ3n) is 3.73. The van der Waals surface area contributed by atoms with Crippen LogP contribution in [0.4, 0.5) is 0 Å². The number of carbonyl (C=O) groups is 1. The van der Waals surface area contributed by atoms with Gasteiger partial charge in [-0.15, -0.1) is 0 Å². The van der Waals surface area contributed by atoms with Crippen molar-refractivity contribution in [2.75, 3.05) is 0 Å². The van der Waals surface area contributed by atoms with Crippen molar-refractivity contribution in [3.63, 3.8) is 0 Å². The molecule has 0 bridgehead atoms. The van der Waals surface area contributed by atoms with Crippen molar-refractivity contribution in [1.82, 2.24) is 5.32 Å². The van der Waals surface area contributed by atoms with Crippen LogP contribution in [-0.2, 0) is 9.53 Å². The van der Waals surface area contributed by atoms with Gasteiger partial charge < -0.3 is 21.0 Å². The minimum absolute atomic E-state index is 0.0249. The molecule has 1 saturated heterocycles. The second-order valence-corrected chi connectivity index (χ2v) is 5.53. The van der Waals surface area contributed by atoms with Gasteiger partial charge in [0.15, 0.2) is 5.84 Å². The molecule has 4 atom stereocenters. The molecule has 1 heterocycles. The maximum atomic E-state index is 12.3. The fraction of sp³-hybridized carbons (Fsp3) is 0.833. The Morgan fingerprint density at radius 1 is 1.33 bits per heavy atom. The molecule has 6 heteroatoms. The Hall–Kier alpha value is -1.30. The van der Waals surface area contributed by atoms with Crippen molar-refractivity contribution in [3.8, 4) is 0 Å². The van der Waals surface area contributed by atoms with Gasteiger partial charge in [-0.2, -0.15) is 0 Å². The first-order chi connectivity index (χ1) is 8.20. The largest absolute Gasteiger partial charge is 0.409 e. The standard InChI is InChI=1S/C12H23N3O3/c1-6-7(2)18-8(3)9(6)10(16)14-12(4,5)11(13)15-17/h6-9,17H,1-5H3,(H2,13,15)(H,14,16). The van der Waals surface area contributed by atoms with Gasteiger partial charge in [-0.25, -0.2) is 0 Å². The molecule has 1 aliphatic rings. The van der Waals surface area contributed by atoms with Gasteiger partial charge in [0.25, 0.3) is 0 Å². The molecule has 1 amide bonds. The monoisotopic (exact) mass is 257 g/mol. The van der Waals surface area contributed by atoms with E-state index in [-0.39, 0.29) is 35.8 Å². The van der Waals surface area contributed by atoms with Crippen LogP contribution in [0.15, 0.2) is 5.16 Å². The summed E-state index contributed by atoms with van der Waals surface area (Å²) in [6.45, 7) is 9.22. The number of nitrogens with two attached hydrogens (primary N) is 1. The molecule has 6 nitrogen and oxygen atoms in total. The summed E-state index contributed by atoms with van der Waals surface area (Å²) >= 11 is 0. The van der Waals surface area contributed by atoms with Gasteiger partial charge in [-0.05, 0) is 33.6 Å². The molecule has 1 aliphatic heterocycles. The molecule has 0 spiro atoms. The Morgan fingerprint density at radius 3 is 2.28 bits per heavy atom. The van der Waals surface area contributed by atoms with E-state index in [2.05, 4.69) is 10.5 Å². The summed E-state index contributed by atoms with van der Waals surface area (Å²) < 4.78 is 5.64. The first kappa shape index (κ1) is 14.8. The molecular weight excluding hydrogens is 234 g/mol. The molecule has 0 aromatic rings. The fourth-order valence-corrected chi connectivity index (χ4v) is 2.30. The predicted molar refractivity (Wildman–Crippen MR) is 68.3 cm³/mol. The lowest BCUT2D eigenvalue weighted by molar-refractivity contribution is -0.128. The molecule has 0 aromatic carbocycles. The van der Waals surface area contributed by atoms with Crippen LogP contribution in [0.25, 0.3) is 0 Å². The molecule has 0 aliphatic carbocycles. The number of nitrogens with one attached hydrogen (secondary N) is 1. The Morgan fingerprint density at radius 2 is 1.89 bits per heavy atom. The number of carbonyl (C=O) groups excluding carboxylic acids is 1. The fourth-order valence-electron chi connectivity index (χ4n) is 2.30. The zero-order valence-electron chi connectivity index (χ0n) is 11.6. The maximum absolute atomic E-state index is 12.3. The Bertz CT molecular complexity index is 354. The van der Waals surface area contributed by atoms with Crippen molar-refractivity contribution < 1.29 is 14.7 Å². The zero-order chi connectivity index (χ0) is 14.1. The Labute approximate surface area is 108 Å². The van der Waals surface area contributed by atoms with Gasteiger partial charge in [0.2, 0.25) is 5.91 Å². The molecule has 4 unspecified atom stereocenters. The number of rotatable bonds is 3. The molecule has 4 N–H and O–H groups in total. The zero-order valence-corrected chi connectivity index (χ0v) is 11.6. The molecular formula is C12H23N3O3. The van der Waals surface area contributed by atoms with E-state index < -0.39 is 5.54 Å². The minimum atomic E-state index is -0.878. The molecule has 0 radical (unpaired) electrons. The molecule has 104 valence electrons. The summed E-state index contributed by atoms with van der Waals surface area (Å²) in [6.07, 6.45) is -0.0687. The second kappa shape index (κ2) is 5.14. The van der Waals surface area contributed by atoms with Crippen molar-refractivity contribution in [3.05, 3.63) is 0 Å². The number of hydrogen-bond donors (Lipinski definition) is 3. The average molecular weight is 257 g/mol. The van der Waals surface area contributed by atoms with Crippen LogP contribution in [0.2, 0.25) is 0 Å². The van der Waals surface area contributed by atoms with E-state index in [0.29, 0.717) is 0 Å². The smallest absolute Gasteiger partial charge is 0.226 e. The van der Waals surface area contributed by atoms with E-state index in [0.717, 1.165) is 0 Å². The van der Waals surface area contributed by atoms with Gasteiger partial charge in [-0.1, -0.05) is 12.1 Å². The van der Waals surface area contributed by atoms with Crippen LogP contribution in [0.1, 0.15) is 34.6 Å². The van der Waals surface area contributed by atoms with E-state index in [1.807, 2.05) is 20.8 Å². The van der Waals surface area contributed by atoms with Crippen LogP contribution in [0, 0.1) is 11.8 Å². The van der Waals surface area contributed by atoms with Gasteiger partial charge >= 0.3 is 0 Å². The maximum Gasteiger partial charge on any atom is 0.226 e. The highest BCUT2D eigenvalue weighted by Crippen LogP contribution is 2.32. The minimum Gasteiger partial charge on any atom is -0.409 e. The third kappa shape index (κ3) is 2.75. The number of hydrogen-bond acceptors (Lipinski definition) is 4. The van der Waals surface area contributed by atoms with Crippen LogP contribution >= 0.6 is 0 Å². The van der Waals surface area contributed by atoms with Crippen molar-refractivity contribution in [2.45, 2.75) is 52.4 Å². The van der Waals surface area contributed by atoms with E-state index in [4.69, 9.17) is 15.7 Å². The average Bonchev–Trinajstić information content (AvgIpc) is 2.51. The molecule has 1 rings (SSSR count). The molecule has 1 fully saturated rings. The SMILES string of the molecule is CC1OC(C)C(C(=O)NC(C)(C)C(N)=NO)C1C. The Kier molecular flexibility index (Phi) is 4.21. The van der Waals surface area contributed by atoms with Gasteiger partial charge in [0, 0.05) is 0 Å². The number of amidine groups is 1. The van der Waals surface area contributed by atoms with Gasteiger partial charge in [-0.3, -0.25) is 4.79 Å². The molecule has 0 aromatic heterocycles. The molecule has 18 heavy (non-hydrogen) atoms. The summed E-state index contributed by atoms with van der Waals surface area (Å²) in [5.74, 6) is -0.229. The van der Waals surface area contributed by atoms with Crippen LogP contribution in [0.5, 0.6) is 0 Å². The highest BCUT2D eigenvalue weighted by atomic mass is 16.5. The van der Waals surface area contributed by atoms with E-state index in [1.54, 1.807) is 13.8 Å². The number of amides is 1. The normalized spacial score (nSPS) is 33.5. The van der Waals surface area contributed by atoms with Crippen LogP contribution in [0.3, 0.4) is 0 Å². The molecule has 0 saturated carbocycles. The van der Waals surface area contributed by atoms with E-state index in [9.17, 15) is 4.79 Å². The lowest BCUT2D eigenvalue weighted by Gasteiger charge is -2.28. The van der Waals surface area contributed by atoms with Crippen LogP contribution in [-0.4, -0.2) is 34.7 Å². The Balaban J connectivity index is 2.78. The summed E-state index contributed by atoms with van der Waals surface area (Å²) in [5.41, 5.74) is 4.67. The summed E-state index contributed by atoms with van der Waals surface area (Å²) in [5, 5.41) is 14.4. The number of nitrogens with zero attached hydrogens (tertiary/aromatic N) is 1. The number of oxime groups is 1. The lowest BCUT2D eigenvalue weighted by atomic mass is 9.88. The summed E-state index contributed by atoms with van der Waals surface area (Å²) in [7, 11) is 0. The van der Waals surface area contributed by atoms with Crippen LogP contribution < -0.4 is 11.1 Å². The summed E-state index contributed by atoms with van der Waals surface area (Å²) in [4.78, 5) is 12.3. The van der Waals surface area contributed by atoms with Crippen molar-refractivity contribution >= 4 is 11.7 Å². The van der Waals surface area contributed by atoms with Crippen molar-refractivity contribution in [2.24, 2.45) is 22.7 Å². The first-order valence-corrected chi connectivity index (χ1v) is 6.16. The van der Waals surface area contributed by atoms with E-state index in [1.165, 1.54) is 0 Å². The third-order valence-corrected chi connectivity index (χ3v) is 3.73. The highest BCUT2D eigenvalue weighted by molar-refractivity contribution is 5.93. The number of ether oxygens (including phenoxy) is 1. The first-order valence-electron chi connectivity index (χ1n) is 6.16. The van der Waals surface area contributed by atoms with Gasteiger partial charge in [0.05, 0.1) is 23.7 Å². The predicted octanol–water partition coefficient (Wildman–Crippen LogP) is 0.687. The van der Waals surface area contributed by atoms with E-state index >= 15 is 0 Å². The quantitative estimate of drug-likeness (QED) is 0.300. The van der Waals surface area contributed by atoms with Crippen molar-refractivity contribution in [1.29, 1.82) is 0 Å². The second-order valence-electron chi connectivity index (χ2n) is 5.53. The lowest BCUT2D eigenvalue weighted by Crippen LogP contribution is -2.55. The summed E-state index contributed by atoms with van der Waals surface area (Å²) in [6, 6.07) is 0. The van der Waals surface area contributed by atoms with Gasteiger partial charge in [0.1, 0.15) is 0 Å².